The zero-order chi connectivity index (χ0) is 19.4. The average molecular weight is 368 g/mol. The van der Waals surface area contributed by atoms with Crippen LogP contribution in [0.2, 0.25) is 0 Å². The lowest BCUT2D eigenvalue weighted by Crippen LogP contribution is -1.93. The van der Waals surface area contributed by atoms with Crippen molar-refractivity contribution in [2.75, 3.05) is 0 Å². The number of benzene rings is 5. The number of fused-ring (bicyclic) bond motifs is 5. The van der Waals surface area contributed by atoms with Gasteiger partial charge in [-0.15, -0.1) is 0 Å². The second kappa shape index (κ2) is 5.95. The van der Waals surface area contributed by atoms with Crippen LogP contribution in [0.1, 0.15) is 5.56 Å². The number of para-hydroxylation sites is 2. The first-order valence-electron chi connectivity index (χ1n) is 9.68. The highest BCUT2D eigenvalue weighted by Crippen LogP contribution is 2.33. The molecule has 0 bridgehead atoms. The van der Waals surface area contributed by atoms with Crippen LogP contribution in [0.4, 0.5) is 0 Å². The summed E-state index contributed by atoms with van der Waals surface area (Å²) < 4.78 is 2.34. The van der Waals surface area contributed by atoms with Gasteiger partial charge < -0.3 is 4.57 Å². The molecule has 2 heteroatoms. The van der Waals surface area contributed by atoms with E-state index in [0.29, 0.717) is 5.56 Å². The Balaban J connectivity index is 1.65. The molecule has 0 saturated heterocycles. The van der Waals surface area contributed by atoms with Crippen LogP contribution in [-0.4, -0.2) is 4.57 Å². The fraction of sp³-hybridized carbons (Fsp3) is 0. The molecule has 6 aromatic rings. The second-order valence-corrected chi connectivity index (χ2v) is 7.43. The van der Waals surface area contributed by atoms with Crippen LogP contribution in [0.25, 0.3) is 49.0 Å². The minimum atomic E-state index is 0.693. The van der Waals surface area contributed by atoms with E-state index in [1.165, 1.54) is 32.6 Å². The highest BCUT2D eigenvalue weighted by atomic mass is 15.0. The first-order chi connectivity index (χ1) is 14.3. The van der Waals surface area contributed by atoms with Gasteiger partial charge in [0.05, 0.1) is 22.7 Å². The van der Waals surface area contributed by atoms with Crippen LogP contribution in [0.5, 0.6) is 0 Å². The van der Waals surface area contributed by atoms with E-state index in [-0.39, 0.29) is 0 Å². The van der Waals surface area contributed by atoms with Gasteiger partial charge >= 0.3 is 0 Å². The molecule has 0 aliphatic carbocycles. The molecule has 0 saturated carbocycles. The molecule has 134 valence electrons. The fourth-order valence-corrected chi connectivity index (χ4v) is 4.39. The number of nitrogens with zero attached hydrogens (tertiary/aromatic N) is 2. The molecule has 6 rings (SSSR count). The minimum Gasteiger partial charge on any atom is -0.309 e. The Hall–Kier alpha value is -4.09. The molecule has 0 amide bonds. The van der Waals surface area contributed by atoms with Gasteiger partial charge in [-0.25, -0.2) is 0 Å². The fourth-order valence-electron chi connectivity index (χ4n) is 4.39. The Bertz CT molecular complexity index is 1560. The third kappa shape index (κ3) is 2.35. The van der Waals surface area contributed by atoms with E-state index < -0.39 is 0 Å². The van der Waals surface area contributed by atoms with Crippen molar-refractivity contribution in [1.29, 1.82) is 5.26 Å². The highest BCUT2D eigenvalue weighted by Gasteiger charge is 2.11. The van der Waals surface area contributed by atoms with Crippen LogP contribution in [0.3, 0.4) is 0 Å². The molecular formula is C27H16N2. The zero-order valence-electron chi connectivity index (χ0n) is 15.6. The zero-order valence-corrected chi connectivity index (χ0v) is 15.6. The van der Waals surface area contributed by atoms with Gasteiger partial charge in [0.15, 0.2) is 0 Å². The SMILES string of the molecule is N#Cc1ccc2cc3cc(-n4c5ccccc5c5ccccc54)ccc3cc2c1. The first-order valence-corrected chi connectivity index (χ1v) is 9.68. The van der Waals surface area contributed by atoms with Gasteiger partial charge in [0.2, 0.25) is 0 Å². The summed E-state index contributed by atoms with van der Waals surface area (Å²) >= 11 is 0. The molecule has 29 heavy (non-hydrogen) atoms. The topological polar surface area (TPSA) is 28.7 Å². The highest BCUT2D eigenvalue weighted by molar-refractivity contribution is 6.09. The summed E-state index contributed by atoms with van der Waals surface area (Å²) in [6.45, 7) is 0. The number of aromatic nitrogens is 1. The molecular weight excluding hydrogens is 352 g/mol. The van der Waals surface area contributed by atoms with Crippen molar-refractivity contribution in [2.24, 2.45) is 0 Å². The van der Waals surface area contributed by atoms with E-state index in [1.807, 2.05) is 18.2 Å². The molecule has 2 nitrogen and oxygen atoms in total. The van der Waals surface area contributed by atoms with Crippen molar-refractivity contribution < 1.29 is 0 Å². The van der Waals surface area contributed by atoms with Crippen molar-refractivity contribution in [1.82, 2.24) is 4.57 Å². The van der Waals surface area contributed by atoms with Gasteiger partial charge in [-0.05, 0) is 70.1 Å². The van der Waals surface area contributed by atoms with E-state index in [1.54, 1.807) is 0 Å². The molecule has 0 aliphatic rings. The Labute approximate surface area is 167 Å². The van der Waals surface area contributed by atoms with Gasteiger partial charge in [-0.2, -0.15) is 5.26 Å². The third-order valence-corrected chi connectivity index (χ3v) is 5.75. The lowest BCUT2D eigenvalue weighted by molar-refractivity contribution is 1.19. The standard InChI is InChI=1S/C27H16N2/c28-17-18-9-10-19-15-22-16-23(12-11-20(22)14-21(19)13-18)29-26-7-3-1-5-24(26)25-6-2-4-8-27(25)29/h1-16H. The monoisotopic (exact) mass is 368 g/mol. The summed E-state index contributed by atoms with van der Waals surface area (Å²) in [6.07, 6.45) is 0. The van der Waals surface area contributed by atoms with Gasteiger partial charge in [-0.1, -0.05) is 48.5 Å². The summed E-state index contributed by atoms with van der Waals surface area (Å²) in [6, 6.07) is 36.2. The van der Waals surface area contributed by atoms with E-state index in [0.717, 1.165) is 16.5 Å². The van der Waals surface area contributed by atoms with E-state index in [2.05, 4.69) is 89.5 Å². The number of hydrogen-bond donors (Lipinski definition) is 0. The van der Waals surface area contributed by atoms with E-state index >= 15 is 0 Å². The minimum absolute atomic E-state index is 0.693. The number of rotatable bonds is 1. The van der Waals surface area contributed by atoms with Crippen molar-refractivity contribution in [2.45, 2.75) is 0 Å². The van der Waals surface area contributed by atoms with E-state index in [4.69, 9.17) is 0 Å². The van der Waals surface area contributed by atoms with E-state index in [9.17, 15) is 5.26 Å². The summed E-state index contributed by atoms with van der Waals surface area (Å²) in [4.78, 5) is 0. The maximum absolute atomic E-state index is 9.17. The first kappa shape index (κ1) is 15.9. The quantitative estimate of drug-likeness (QED) is 0.288. The molecule has 0 N–H and O–H groups in total. The molecule has 0 fully saturated rings. The van der Waals surface area contributed by atoms with Gasteiger partial charge in [0.25, 0.3) is 0 Å². The van der Waals surface area contributed by atoms with Gasteiger partial charge in [0, 0.05) is 16.5 Å². The van der Waals surface area contributed by atoms with Crippen molar-refractivity contribution in [3.05, 3.63) is 103 Å². The maximum Gasteiger partial charge on any atom is 0.0991 e. The predicted octanol–water partition coefficient (Wildman–Crippen LogP) is 6.96. The summed E-state index contributed by atoms with van der Waals surface area (Å²) in [5, 5.41) is 16.3. The molecule has 0 aliphatic heterocycles. The molecule has 1 heterocycles. The number of nitriles is 1. The average Bonchev–Trinajstić information content (AvgIpc) is 3.11. The smallest absolute Gasteiger partial charge is 0.0991 e. The van der Waals surface area contributed by atoms with Crippen molar-refractivity contribution in [3.8, 4) is 11.8 Å². The normalized spacial score (nSPS) is 11.4. The Morgan fingerprint density at radius 1 is 0.552 bits per heavy atom. The van der Waals surface area contributed by atoms with Crippen LogP contribution in [-0.2, 0) is 0 Å². The van der Waals surface area contributed by atoms with Crippen LogP contribution in [0.15, 0.2) is 97.1 Å². The van der Waals surface area contributed by atoms with Crippen LogP contribution < -0.4 is 0 Å². The predicted molar refractivity (Wildman–Crippen MR) is 121 cm³/mol. The van der Waals surface area contributed by atoms with Crippen molar-refractivity contribution >= 4 is 43.4 Å². The Morgan fingerprint density at radius 3 is 1.79 bits per heavy atom. The maximum atomic E-state index is 9.17. The van der Waals surface area contributed by atoms with Gasteiger partial charge in [-0.3, -0.25) is 0 Å². The molecule has 0 atom stereocenters. The number of hydrogen-bond acceptors (Lipinski definition) is 1. The summed E-state index contributed by atoms with van der Waals surface area (Å²) in [5.74, 6) is 0. The van der Waals surface area contributed by atoms with Crippen molar-refractivity contribution in [3.63, 3.8) is 0 Å². The third-order valence-electron chi connectivity index (χ3n) is 5.75. The van der Waals surface area contributed by atoms with Crippen LogP contribution in [0, 0.1) is 11.3 Å². The Morgan fingerprint density at radius 2 is 1.14 bits per heavy atom. The molecule has 0 unspecified atom stereocenters. The largest absolute Gasteiger partial charge is 0.309 e. The molecule has 0 spiro atoms. The van der Waals surface area contributed by atoms with Gasteiger partial charge in [0.1, 0.15) is 0 Å². The lowest BCUT2D eigenvalue weighted by Gasteiger charge is -2.10. The Kier molecular flexibility index (Phi) is 3.27. The summed E-state index contributed by atoms with van der Waals surface area (Å²) in [5.41, 5.74) is 4.28. The van der Waals surface area contributed by atoms with Crippen LogP contribution >= 0.6 is 0 Å². The molecule has 0 radical (unpaired) electrons. The lowest BCUT2D eigenvalue weighted by atomic mass is 10.0. The molecule has 1 aromatic heterocycles. The second-order valence-electron chi connectivity index (χ2n) is 7.43. The summed E-state index contributed by atoms with van der Waals surface area (Å²) in [7, 11) is 0. The molecule has 5 aromatic carbocycles.